The van der Waals surface area contributed by atoms with Crippen LogP contribution in [0.15, 0.2) is 0 Å². The number of piperidine rings is 2. The number of alkyl halides is 1. The van der Waals surface area contributed by atoms with Crippen molar-refractivity contribution in [1.82, 2.24) is 9.80 Å². The van der Waals surface area contributed by atoms with Gasteiger partial charge in [-0.05, 0) is 70.6 Å². The van der Waals surface area contributed by atoms with Gasteiger partial charge in [-0.3, -0.25) is 4.90 Å². The van der Waals surface area contributed by atoms with E-state index in [1.807, 2.05) is 13.8 Å². The highest BCUT2D eigenvalue weighted by atomic mass is 19.1. The molecular formula is C20H41FN2. The van der Waals surface area contributed by atoms with Gasteiger partial charge in [0.2, 0.25) is 0 Å². The normalized spacial score (nSPS) is 31.0. The minimum Gasteiger partial charge on any atom is -0.303 e. The molecule has 23 heavy (non-hydrogen) atoms. The predicted molar refractivity (Wildman–Crippen MR) is 99.7 cm³/mol. The van der Waals surface area contributed by atoms with Crippen LogP contribution in [-0.4, -0.2) is 54.7 Å². The van der Waals surface area contributed by atoms with Crippen LogP contribution >= 0.6 is 0 Å². The van der Waals surface area contributed by atoms with Gasteiger partial charge in [-0.1, -0.05) is 41.0 Å². The summed E-state index contributed by atoms with van der Waals surface area (Å²) in [6, 6.07) is 0.161. The van der Waals surface area contributed by atoms with Gasteiger partial charge in [0, 0.05) is 12.6 Å². The Morgan fingerprint density at radius 2 is 1.70 bits per heavy atom. The van der Waals surface area contributed by atoms with E-state index in [9.17, 15) is 0 Å². The highest BCUT2D eigenvalue weighted by Crippen LogP contribution is 2.36. The van der Waals surface area contributed by atoms with Gasteiger partial charge in [-0.15, -0.1) is 0 Å². The predicted octanol–water partition coefficient (Wildman–Crippen LogP) is 4.98. The molecule has 2 aliphatic heterocycles. The quantitative estimate of drug-likeness (QED) is 0.702. The summed E-state index contributed by atoms with van der Waals surface area (Å²) in [4.78, 5) is 4.66. The van der Waals surface area contributed by atoms with Crippen molar-refractivity contribution in [1.29, 1.82) is 0 Å². The SMILES string of the molecule is CC.CCCC1(F)CN(C)CCC1N1CCC(CC(C)C)CC1. The van der Waals surface area contributed by atoms with E-state index < -0.39 is 5.67 Å². The Labute approximate surface area is 144 Å². The fourth-order valence-corrected chi connectivity index (χ4v) is 4.57. The number of likely N-dealkylation sites (tertiary alicyclic amines) is 2. The van der Waals surface area contributed by atoms with Crippen LogP contribution in [-0.2, 0) is 0 Å². The molecule has 0 amide bonds. The smallest absolute Gasteiger partial charge is 0.139 e. The largest absolute Gasteiger partial charge is 0.303 e. The third kappa shape index (κ3) is 6.01. The van der Waals surface area contributed by atoms with E-state index >= 15 is 4.39 Å². The summed E-state index contributed by atoms with van der Waals surface area (Å²) in [5, 5.41) is 0. The average Bonchev–Trinajstić information content (AvgIpc) is 2.50. The molecule has 0 spiro atoms. The van der Waals surface area contributed by atoms with Gasteiger partial charge in [0.1, 0.15) is 5.67 Å². The monoisotopic (exact) mass is 328 g/mol. The maximum Gasteiger partial charge on any atom is 0.139 e. The second kappa shape index (κ2) is 9.98. The average molecular weight is 329 g/mol. The molecule has 0 aromatic rings. The molecule has 2 aliphatic rings. The van der Waals surface area contributed by atoms with E-state index in [4.69, 9.17) is 0 Å². The maximum absolute atomic E-state index is 15.5. The number of hydrogen-bond acceptors (Lipinski definition) is 2. The second-order valence-corrected chi connectivity index (χ2v) is 7.94. The first kappa shape index (κ1) is 20.9. The highest BCUT2D eigenvalue weighted by molar-refractivity contribution is 5.00. The lowest BCUT2D eigenvalue weighted by atomic mass is 9.81. The topological polar surface area (TPSA) is 6.48 Å². The first-order chi connectivity index (χ1) is 10.9. The van der Waals surface area contributed by atoms with Crippen LogP contribution in [0.5, 0.6) is 0 Å². The molecule has 2 rings (SSSR count). The molecule has 3 heteroatoms. The van der Waals surface area contributed by atoms with Gasteiger partial charge in [0.15, 0.2) is 0 Å². The summed E-state index contributed by atoms with van der Waals surface area (Å²) in [7, 11) is 2.06. The van der Waals surface area contributed by atoms with Crippen LogP contribution in [0.1, 0.15) is 73.1 Å². The first-order valence-corrected chi connectivity index (χ1v) is 10.1. The molecule has 2 heterocycles. The molecule has 0 aromatic heterocycles. The van der Waals surface area contributed by atoms with Crippen LogP contribution < -0.4 is 0 Å². The molecule has 2 saturated heterocycles. The zero-order valence-electron chi connectivity index (χ0n) is 16.6. The third-order valence-corrected chi connectivity index (χ3v) is 5.47. The van der Waals surface area contributed by atoms with Gasteiger partial charge >= 0.3 is 0 Å². The molecule has 0 aromatic carbocycles. The van der Waals surface area contributed by atoms with Crippen molar-refractivity contribution in [3.8, 4) is 0 Å². The van der Waals surface area contributed by atoms with Crippen molar-refractivity contribution in [3.63, 3.8) is 0 Å². The van der Waals surface area contributed by atoms with Crippen LogP contribution in [0.4, 0.5) is 4.39 Å². The minimum atomic E-state index is -0.993. The lowest BCUT2D eigenvalue weighted by Crippen LogP contribution is -2.60. The molecule has 0 radical (unpaired) electrons. The van der Waals surface area contributed by atoms with Gasteiger partial charge < -0.3 is 4.90 Å². The summed E-state index contributed by atoms with van der Waals surface area (Å²) >= 11 is 0. The third-order valence-electron chi connectivity index (χ3n) is 5.47. The Balaban J connectivity index is 0.00000127. The van der Waals surface area contributed by atoms with Gasteiger partial charge in [-0.25, -0.2) is 4.39 Å². The van der Waals surface area contributed by atoms with Crippen molar-refractivity contribution in [2.45, 2.75) is 84.9 Å². The number of rotatable bonds is 5. The fourth-order valence-electron chi connectivity index (χ4n) is 4.57. The fraction of sp³-hybridized carbons (Fsp3) is 1.00. The zero-order chi connectivity index (χ0) is 17.5. The van der Waals surface area contributed by atoms with E-state index in [1.54, 1.807) is 0 Å². The molecule has 0 N–H and O–H groups in total. The Kier molecular flexibility index (Phi) is 9.07. The molecule has 2 unspecified atom stereocenters. The van der Waals surface area contributed by atoms with E-state index in [2.05, 4.69) is 37.6 Å². The lowest BCUT2D eigenvalue weighted by molar-refractivity contribution is -0.0508. The summed E-state index contributed by atoms with van der Waals surface area (Å²) in [6.07, 6.45) is 6.55. The van der Waals surface area contributed by atoms with Crippen LogP contribution in [0.2, 0.25) is 0 Å². The van der Waals surface area contributed by atoms with E-state index in [-0.39, 0.29) is 6.04 Å². The molecule has 0 saturated carbocycles. The van der Waals surface area contributed by atoms with Gasteiger partial charge in [0.25, 0.3) is 0 Å². The second-order valence-electron chi connectivity index (χ2n) is 7.94. The highest BCUT2D eigenvalue weighted by Gasteiger charge is 2.45. The van der Waals surface area contributed by atoms with E-state index in [0.29, 0.717) is 13.0 Å². The summed E-state index contributed by atoms with van der Waals surface area (Å²) in [6.45, 7) is 14.6. The molecule has 0 bridgehead atoms. The van der Waals surface area contributed by atoms with Crippen molar-refractivity contribution >= 4 is 0 Å². The Morgan fingerprint density at radius 3 is 2.22 bits per heavy atom. The molecular weight excluding hydrogens is 287 g/mol. The Hall–Kier alpha value is -0.150. The van der Waals surface area contributed by atoms with Crippen molar-refractivity contribution in [3.05, 3.63) is 0 Å². The van der Waals surface area contributed by atoms with Gasteiger partial charge in [-0.2, -0.15) is 0 Å². The summed E-state index contributed by atoms with van der Waals surface area (Å²) < 4.78 is 15.5. The van der Waals surface area contributed by atoms with Crippen LogP contribution in [0.3, 0.4) is 0 Å². The Morgan fingerprint density at radius 1 is 1.09 bits per heavy atom. The number of halogens is 1. The molecule has 2 nitrogen and oxygen atoms in total. The molecule has 2 fully saturated rings. The Bertz CT molecular complexity index is 313. The number of hydrogen-bond donors (Lipinski definition) is 0. The summed E-state index contributed by atoms with van der Waals surface area (Å²) in [5.41, 5.74) is -0.993. The maximum atomic E-state index is 15.5. The van der Waals surface area contributed by atoms with Crippen LogP contribution in [0.25, 0.3) is 0 Å². The van der Waals surface area contributed by atoms with Crippen LogP contribution in [0, 0.1) is 11.8 Å². The van der Waals surface area contributed by atoms with Crippen molar-refractivity contribution in [2.75, 3.05) is 33.2 Å². The zero-order valence-corrected chi connectivity index (χ0v) is 16.6. The van der Waals surface area contributed by atoms with Gasteiger partial charge in [0.05, 0.1) is 0 Å². The lowest BCUT2D eigenvalue weighted by Gasteiger charge is -2.49. The molecule has 2 atom stereocenters. The molecule has 0 aliphatic carbocycles. The van der Waals surface area contributed by atoms with Crippen molar-refractivity contribution in [2.24, 2.45) is 11.8 Å². The first-order valence-electron chi connectivity index (χ1n) is 10.1. The number of nitrogens with zero attached hydrogens (tertiary/aromatic N) is 2. The summed E-state index contributed by atoms with van der Waals surface area (Å²) in [5.74, 6) is 1.66. The molecule has 138 valence electrons. The van der Waals surface area contributed by atoms with Crippen molar-refractivity contribution < 1.29 is 4.39 Å². The van der Waals surface area contributed by atoms with E-state index in [1.165, 1.54) is 19.3 Å². The standard InChI is InChI=1S/C18H35FN2.C2H6/c1-5-9-18(19)14-20(4)10-8-17(18)21-11-6-16(7-12-21)13-15(2)3;1-2/h15-17H,5-14H2,1-4H3;1-2H3. The van der Waals surface area contributed by atoms with E-state index in [0.717, 1.165) is 44.3 Å². The minimum absolute atomic E-state index is 0.161.